The van der Waals surface area contributed by atoms with E-state index in [9.17, 15) is 0 Å². The third-order valence-electron chi connectivity index (χ3n) is 4.00. The molecule has 1 aromatic heterocycles. The van der Waals surface area contributed by atoms with E-state index < -0.39 is 0 Å². The van der Waals surface area contributed by atoms with Crippen molar-refractivity contribution in [1.82, 2.24) is 9.88 Å². The van der Waals surface area contributed by atoms with Crippen molar-refractivity contribution in [2.75, 3.05) is 38.1 Å². The molecule has 21 heavy (non-hydrogen) atoms. The topological polar surface area (TPSA) is 19.4 Å². The van der Waals surface area contributed by atoms with E-state index in [1.54, 1.807) is 0 Å². The molecule has 0 aliphatic heterocycles. The third-order valence-corrected chi connectivity index (χ3v) is 4.00. The lowest BCUT2D eigenvalue weighted by molar-refractivity contribution is 0.331. The maximum atomic E-state index is 4.58. The molecule has 0 aliphatic carbocycles. The van der Waals surface area contributed by atoms with Gasteiger partial charge in [-0.2, -0.15) is 0 Å². The minimum absolute atomic E-state index is 0.499. The molecule has 0 bridgehead atoms. The molecular formula is C18H33N3. The van der Waals surface area contributed by atoms with Gasteiger partial charge in [0.2, 0.25) is 0 Å². The van der Waals surface area contributed by atoms with Crippen LogP contribution < -0.4 is 4.90 Å². The molecule has 0 N–H and O–H groups in total. The van der Waals surface area contributed by atoms with Crippen molar-refractivity contribution < 1.29 is 0 Å². The molecular weight excluding hydrogens is 258 g/mol. The molecule has 1 rings (SSSR count). The highest BCUT2D eigenvalue weighted by atomic mass is 15.2. The van der Waals surface area contributed by atoms with Crippen LogP contribution in [0.5, 0.6) is 0 Å². The van der Waals surface area contributed by atoms with Gasteiger partial charge in [-0.25, -0.2) is 0 Å². The Bertz CT molecular complexity index is 373. The predicted molar refractivity (Wildman–Crippen MR) is 93.2 cm³/mol. The fourth-order valence-corrected chi connectivity index (χ4v) is 2.43. The zero-order valence-electron chi connectivity index (χ0n) is 14.6. The van der Waals surface area contributed by atoms with E-state index in [2.05, 4.69) is 61.7 Å². The molecule has 0 aromatic carbocycles. The van der Waals surface area contributed by atoms with Gasteiger partial charge in [-0.1, -0.05) is 33.6 Å². The van der Waals surface area contributed by atoms with Gasteiger partial charge in [0.15, 0.2) is 0 Å². The molecule has 0 saturated heterocycles. The fraction of sp³-hybridized carbons (Fsp3) is 0.722. The van der Waals surface area contributed by atoms with Crippen LogP contribution in [0.2, 0.25) is 0 Å². The molecule has 0 fully saturated rings. The van der Waals surface area contributed by atoms with Crippen molar-refractivity contribution in [3.8, 4) is 0 Å². The van der Waals surface area contributed by atoms with Gasteiger partial charge in [-0.3, -0.25) is 4.98 Å². The molecule has 0 atom stereocenters. The molecule has 0 spiro atoms. The normalized spacial score (nSPS) is 11.4. The van der Waals surface area contributed by atoms with Gasteiger partial charge in [0.25, 0.3) is 0 Å². The molecule has 0 aliphatic rings. The zero-order valence-corrected chi connectivity index (χ0v) is 14.6. The van der Waals surface area contributed by atoms with Crippen molar-refractivity contribution in [3.63, 3.8) is 0 Å². The monoisotopic (exact) mass is 291 g/mol. The Balaban J connectivity index is 2.47. The maximum absolute atomic E-state index is 4.58. The summed E-state index contributed by atoms with van der Waals surface area (Å²) in [4.78, 5) is 9.43. The summed E-state index contributed by atoms with van der Waals surface area (Å²) < 4.78 is 0. The summed E-state index contributed by atoms with van der Waals surface area (Å²) in [6.45, 7) is 13.3. The van der Waals surface area contributed by atoms with Gasteiger partial charge >= 0.3 is 0 Å². The number of hydrogen-bond acceptors (Lipinski definition) is 3. The van der Waals surface area contributed by atoms with Crippen LogP contribution in [0.25, 0.3) is 0 Å². The van der Waals surface area contributed by atoms with Crippen molar-refractivity contribution in [1.29, 1.82) is 0 Å². The average Bonchev–Trinajstić information content (AvgIpc) is 2.48. The van der Waals surface area contributed by atoms with Crippen molar-refractivity contribution in [2.45, 2.75) is 52.9 Å². The predicted octanol–water partition coefficient (Wildman–Crippen LogP) is 4.15. The van der Waals surface area contributed by atoms with Crippen LogP contribution in [-0.4, -0.2) is 43.1 Å². The zero-order chi connectivity index (χ0) is 15.7. The first-order valence-electron chi connectivity index (χ1n) is 8.47. The second kappa shape index (κ2) is 9.78. The Morgan fingerprint density at radius 1 is 1.05 bits per heavy atom. The van der Waals surface area contributed by atoms with E-state index in [0.717, 1.165) is 19.6 Å². The van der Waals surface area contributed by atoms with Gasteiger partial charge in [0.05, 0.1) is 11.9 Å². The third kappa shape index (κ3) is 6.47. The molecule has 0 saturated carbocycles. The molecule has 0 unspecified atom stereocenters. The second-order valence-electron chi connectivity index (χ2n) is 6.19. The lowest BCUT2D eigenvalue weighted by atomic mass is 10.1. The molecule has 1 aromatic rings. The second-order valence-corrected chi connectivity index (χ2v) is 6.19. The highest BCUT2D eigenvalue weighted by Crippen LogP contribution is 2.17. The van der Waals surface area contributed by atoms with Crippen LogP contribution in [0.15, 0.2) is 18.3 Å². The number of likely N-dealkylation sites (N-methyl/N-ethyl adjacent to an activating group) is 2. The van der Waals surface area contributed by atoms with E-state index in [-0.39, 0.29) is 0 Å². The van der Waals surface area contributed by atoms with Crippen LogP contribution in [0, 0.1) is 0 Å². The molecule has 1 heterocycles. The van der Waals surface area contributed by atoms with Crippen molar-refractivity contribution in [2.24, 2.45) is 0 Å². The van der Waals surface area contributed by atoms with Crippen LogP contribution in [0.1, 0.15) is 58.6 Å². The Morgan fingerprint density at radius 3 is 2.33 bits per heavy atom. The number of pyridine rings is 1. The van der Waals surface area contributed by atoms with E-state index in [1.165, 1.54) is 37.2 Å². The summed E-state index contributed by atoms with van der Waals surface area (Å²) in [7, 11) is 2.23. The summed E-state index contributed by atoms with van der Waals surface area (Å²) >= 11 is 0. The van der Waals surface area contributed by atoms with Crippen LogP contribution in [-0.2, 0) is 0 Å². The highest BCUT2D eigenvalue weighted by Gasteiger charge is 2.07. The Hall–Kier alpha value is -1.09. The van der Waals surface area contributed by atoms with Crippen molar-refractivity contribution >= 4 is 5.69 Å². The average molecular weight is 291 g/mol. The number of hydrogen-bond donors (Lipinski definition) is 0. The first kappa shape index (κ1) is 18.0. The van der Waals surface area contributed by atoms with Gasteiger partial charge in [0, 0.05) is 25.3 Å². The summed E-state index contributed by atoms with van der Waals surface area (Å²) in [5.74, 6) is 0.499. The fourth-order valence-electron chi connectivity index (χ4n) is 2.43. The number of rotatable bonds is 10. The Labute approximate surface area is 131 Å². The number of anilines is 1. The minimum atomic E-state index is 0.499. The molecule has 120 valence electrons. The standard InChI is InChI=1S/C18H33N3/c1-6-8-9-12-20(5)13-14-21(7-2)17-10-11-18(16(3)4)19-15-17/h10-11,15-16H,6-9,12-14H2,1-5H3. The van der Waals surface area contributed by atoms with Gasteiger partial charge < -0.3 is 9.80 Å². The Kier molecular flexibility index (Phi) is 8.36. The summed E-state index contributed by atoms with van der Waals surface area (Å²) in [5.41, 5.74) is 2.41. The van der Waals surface area contributed by atoms with Gasteiger partial charge in [-0.15, -0.1) is 0 Å². The lowest BCUT2D eigenvalue weighted by Crippen LogP contribution is -2.33. The smallest absolute Gasteiger partial charge is 0.0553 e. The van der Waals surface area contributed by atoms with E-state index in [0.29, 0.717) is 5.92 Å². The summed E-state index contributed by atoms with van der Waals surface area (Å²) in [6, 6.07) is 4.37. The van der Waals surface area contributed by atoms with Gasteiger partial charge in [0.1, 0.15) is 0 Å². The maximum Gasteiger partial charge on any atom is 0.0553 e. The highest BCUT2D eigenvalue weighted by molar-refractivity contribution is 5.44. The van der Waals surface area contributed by atoms with Crippen LogP contribution in [0.3, 0.4) is 0 Å². The van der Waals surface area contributed by atoms with Crippen LogP contribution >= 0.6 is 0 Å². The minimum Gasteiger partial charge on any atom is -0.369 e. The largest absolute Gasteiger partial charge is 0.369 e. The number of unbranched alkanes of at least 4 members (excludes halogenated alkanes) is 2. The lowest BCUT2D eigenvalue weighted by Gasteiger charge is -2.26. The quantitative estimate of drug-likeness (QED) is 0.604. The molecule has 0 radical (unpaired) electrons. The van der Waals surface area contributed by atoms with Crippen molar-refractivity contribution in [3.05, 3.63) is 24.0 Å². The van der Waals surface area contributed by atoms with E-state index >= 15 is 0 Å². The van der Waals surface area contributed by atoms with Gasteiger partial charge in [-0.05, 0) is 45.0 Å². The van der Waals surface area contributed by atoms with E-state index in [1.807, 2.05) is 6.20 Å². The SMILES string of the molecule is CCCCCN(C)CCN(CC)c1ccc(C(C)C)nc1. The summed E-state index contributed by atoms with van der Waals surface area (Å²) in [6.07, 6.45) is 5.96. The summed E-state index contributed by atoms with van der Waals surface area (Å²) in [5, 5.41) is 0. The first-order valence-corrected chi connectivity index (χ1v) is 8.47. The molecule has 0 amide bonds. The molecule has 3 heteroatoms. The van der Waals surface area contributed by atoms with E-state index in [4.69, 9.17) is 0 Å². The molecule has 3 nitrogen and oxygen atoms in total. The van der Waals surface area contributed by atoms with Crippen LogP contribution in [0.4, 0.5) is 5.69 Å². The first-order chi connectivity index (χ1) is 10.1. The number of aromatic nitrogens is 1. The number of nitrogens with zero attached hydrogens (tertiary/aromatic N) is 3. The Morgan fingerprint density at radius 2 is 1.81 bits per heavy atom.